The molecule has 0 saturated carbocycles. The Hall–Kier alpha value is -2.93. The number of nitrogens with one attached hydrogen (secondary N) is 1. The number of amides is 1. The molecular weight excluding hydrogens is 372 g/mol. The number of benzene rings is 2. The molecule has 156 valence electrons. The number of carbonyl (C=O) groups excluding carboxylic acids is 1. The highest BCUT2D eigenvalue weighted by Crippen LogP contribution is 2.34. The number of quaternary nitrogens is 1. The Morgan fingerprint density at radius 3 is 2.17 bits per heavy atom. The third-order valence-electron chi connectivity index (χ3n) is 5.30. The molecule has 29 heavy (non-hydrogen) atoms. The van der Waals surface area contributed by atoms with Gasteiger partial charge in [0.05, 0.1) is 60.2 Å². The summed E-state index contributed by atoms with van der Waals surface area (Å²) >= 11 is 0. The van der Waals surface area contributed by atoms with Crippen LogP contribution in [0.5, 0.6) is 23.0 Å². The van der Waals surface area contributed by atoms with Gasteiger partial charge in [-0.15, -0.1) is 0 Å². The second kappa shape index (κ2) is 9.52. The van der Waals surface area contributed by atoms with Gasteiger partial charge < -0.3 is 28.7 Å². The Labute approximate surface area is 171 Å². The summed E-state index contributed by atoms with van der Waals surface area (Å²) in [5, 5.41) is 0. The second-order valence-electron chi connectivity index (χ2n) is 6.97. The molecule has 3 rings (SSSR count). The van der Waals surface area contributed by atoms with E-state index in [4.69, 9.17) is 18.9 Å². The van der Waals surface area contributed by atoms with Crippen LogP contribution in [0.25, 0.3) is 0 Å². The van der Waals surface area contributed by atoms with Crippen molar-refractivity contribution in [1.29, 1.82) is 0 Å². The molecule has 0 unspecified atom stereocenters. The molecule has 7 heteroatoms. The molecule has 0 atom stereocenters. The fourth-order valence-corrected chi connectivity index (χ4v) is 3.64. The second-order valence-corrected chi connectivity index (χ2v) is 6.97. The van der Waals surface area contributed by atoms with Crippen molar-refractivity contribution in [2.45, 2.75) is 6.54 Å². The van der Waals surface area contributed by atoms with Crippen LogP contribution in [0.1, 0.15) is 15.9 Å². The summed E-state index contributed by atoms with van der Waals surface area (Å²) in [6.45, 7) is 3.95. The Morgan fingerprint density at radius 2 is 1.55 bits per heavy atom. The van der Waals surface area contributed by atoms with Crippen molar-refractivity contribution in [3.8, 4) is 23.0 Å². The first-order valence-corrected chi connectivity index (χ1v) is 9.65. The highest BCUT2D eigenvalue weighted by Gasteiger charge is 2.26. The summed E-state index contributed by atoms with van der Waals surface area (Å²) in [5.41, 5.74) is 1.72. The van der Waals surface area contributed by atoms with Gasteiger partial charge in [0, 0.05) is 11.6 Å². The van der Waals surface area contributed by atoms with Crippen molar-refractivity contribution >= 4 is 5.91 Å². The first-order valence-electron chi connectivity index (χ1n) is 9.65. The van der Waals surface area contributed by atoms with Gasteiger partial charge in [0.2, 0.25) is 0 Å². The molecule has 0 radical (unpaired) electrons. The van der Waals surface area contributed by atoms with Gasteiger partial charge in [0.25, 0.3) is 5.91 Å². The average molecular weight is 401 g/mol. The van der Waals surface area contributed by atoms with Crippen LogP contribution in [0.4, 0.5) is 0 Å². The van der Waals surface area contributed by atoms with Gasteiger partial charge >= 0.3 is 0 Å². The smallest absolute Gasteiger partial charge is 0.254 e. The van der Waals surface area contributed by atoms with Gasteiger partial charge in [-0.05, 0) is 24.3 Å². The van der Waals surface area contributed by atoms with E-state index in [0.29, 0.717) is 35.9 Å². The van der Waals surface area contributed by atoms with Crippen LogP contribution < -0.4 is 23.8 Å². The average Bonchev–Trinajstić information content (AvgIpc) is 2.78. The zero-order chi connectivity index (χ0) is 20.8. The summed E-state index contributed by atoms with van der Waals surface area (Å²) < 4.78 is 21.6. The van der Waals surface area contributed by atoms with Crippen LogP contribution in [-0.2, 0) is 6.54 Å². The van der Waals surface area contributed by atoms with Crippen molar-refractivity contribution in [2.24, 2.45) is 0 Å². The summed E-state index contributed by atoms with van der Waals surface area (Å²) in [5.74, 6) is 2.86. The predicted molar refractivity (Wildman–Crippen MR) is 109 cm³/mol. The van der Waals surface area contributed by atoms with Crippen LogP contribution in [0, 0.1) is 0 Å². The van der Waals surface area contributed by atoms with E-state index >= 15 is 0 Å². The first kappa shape index (κ1) is 20.8. The van der Waals surface area contributed by atoms with E-state index in [9.17, 15) is 4.79 Å². The number of rotatable bonds is 7. The molecule has 0 aliphatic carbocycles. The molecule has 2 aromatic carbocycles. The molecule has 1 aliphatic rings. The van der Waals surface area contributed by atoms with Gasteiger partial charge in [0.15, 0.2) is 11.5 Å². The highest BCUT2D eigenvalue weighted by atomic mass is 16.5. The molecule has 1 fully saturated rings. The molecular formula is C22H29N2O5+. The fourth-order valence-electron chi connectivity index (χ4n) is 3.64. The number of methoxy groups -OCH3 is 4. The summed E-state index contributed by atoms with van der Waals surface area (Å²) in [4.78, 5) is 16.1. The number of piperazine rings is 1. The number of hydrogen-bond acceptors (Lipinski definition) is 5. The molecule has 7 nitrogen and oxygen atoms in total. The van der Waals surface area contributed by atoms with E-state index in [0.717, 1.165) is 30.9 Å². The fraction of sp³-hybridized carbons (Fsp3) is 0.409. The normalized spacial score (nSPS) is 14.4. The maximum absolute atomic E-state index is 12.8. The van der Waals surface area contributed by atoms with Crippen molar-refractivity contribution in [3.63, 3.8) is 0 Å². The van der Waals surface area contributed by atoms with E-state index in [-0.39, 0.29) is 5.91 Å². The van der Waals surface area contributed by atoms with Crippen molar-refractivity contribution in [2.75, 3.05) is 54.6 Å². The van der Waals surface area contributed by atoms with E-state index in [1.54, 1.807) is 34.5 Å². The maximum Gasteiger partial charge on any atom is 0.254 e. The largest absolute Gasteiger partial charge is 0.497 e. The maximum atomic E-state index is 12.8. The lowest BCUT2D eigenvalue weighted by molar-refractivity contribution is -0.917. The molecule has 0 spiro atoms. The van der Waals surface area contributed by atoms with E-state index in [1.165, 1.54) is 4.90 Å². The first-order chi connectivity index (χ1) is 14.1. The molecule has 2 aromatic rings. The Bertz CT molecular complexity index is 847. The highest BCUT2D eigenvalue weighted by molar-refractivity contribution is 5.94. The number of nitrogens with zero attached hydrogens (tertiary/aromatic N) is 1. The molecule has 0 bridgehead atoms. The van der Waals surface area contributed by atoms with E-state index in [1.807, 2.05) is 35.2 Å². The van der Waals surface area contributed by atoms with Gasteiger partial charge in [-0.3, -0.25) is 4.79 Å². The van der Waals surface area contributed by atoms with Crippen LogP contribution in [0.3, 0.4) is 0 Å². The zero-order valence-corrected chi connectivity index (χ0v) is 17.5. The van der Waals surface area contributed by atoms with Crippen molar-refractivity contribution < 1.29 is 28.6 Å². The van der Waals surface area contributed by atoms with E-state index in [2.05, 4.69) is 0 Å². The number of hydrogen-bond donors (Lipinski definition) is 1. The van der Waals surface area contributed by atoms with Gasteiger partial charge in [0.1, 0.15) is 18.0 Å². The predicted octanol–water partition coefficient (Wildman–Crippen LogP) is 1.26. The minimum atomic E-state index is 0.0478. The minimum Gasteiger partial charge on any atom is -0.497 e. The molecule has 1 saturated heterocycles. The molecule has 0 aromatic heterocycles. The summed E-state index contributed by atoms with van der Waals surface area (Å²) in [7, 11) is 6.50. The third kappa shape index (κ3) is 4.74. The van der Waals surface area contributed by atoms with Gasteiger partial charge in [-0.1, -0.05) is 6.07 Å². The topological polar surface area (TPSA) is 61.7 Å². The molecule has 1 amide bonds. The number of carbonyl (C=O) groups is 1. The summed E-state index contributed by atoms with van der Waals surface area (Å²) in [6, 6.07) is 11.1. The van der Waals surface area contributed by atoms with Crippen LogP contribution >= 0.6 is 0 Å². The lowest BCUT2D eigenvalue weighted by Crippen LogP contribution is -3.13. The monoisotopic (exact) mass is 401 g/mol. The lowest BCUT2D eigenvalue weighted by Gasteiger charge is -2.32. The SMILES string of the molecule is COc1cccc(C(=O)N2CC[NH+](Cc3cc(OC)c(OC)cc3OC)CC2)c1. The van der Waals surface area contributed by atoms with Crippen LogP contribution in [0.2, 0.25) is 0 Å². The van der Waals surface area contributed by atoms with Crippen LogP contribution in [-0.4, -0.2) is 65.4 Å². The standard InChI is InChI=1S/C22H28N2O5/c1-26-18-7-5-6-16(12-18)22(25)24-10-8-23(9-11-24)15-17-13-20(28-3)21(29-4)14-19(17)27-2/h5-7,12-14H,8-11,15H2,1-4H3/p+1. The quantitative estimate of drug-likeness (QED) is 0.757. The van der Waals surface area contributed by atoms with Gasteiger partial charge in [-0.2, -0.15) is 0 Å². The molecule has 1 N–H and O–H groups in total. The van der Waals surface area contributed by atoms with Crippen molar-refractivity contribution in [1.82, 2.24) is 4.90 Å². The Kier molecular flexibility index (Phi) is 6.82. The van der Waals surface area contributed by atoms with Gasteiger partial charge in [-0.25, -0.2) is 0 Å². The Balaban J connectivity index is 1.64. The third-order valence-corrected chi connectivity index (χ3v) is 5.30. The minimum absolute atomic E-state index is 0.0478. The number of ether oxygens (including phenoxy) is 4. The van der Waals surface area contributed by atoms with Crippen LogP contribution in [0.15, 0.2) is 36.4 Å². The lowest BCUT2D eigenvalue weighted by atomic mass is 10.1. The summed E-state index contributed by atoms with van der Waals surface area (Å²) in [6.07, 6.45) is 0. The molecule has 1 aliphatic heterocycles. The zero-order valence-electron chi connectivity index (χ0n) is 17.5. The van der Waals surface area contributed by atoms with E-state index < -0.39 is 0 Å². The molecule has 1 heterocycles. The van der Waals surface area contributed by atoms with Crippen molar-refractivity contribution in [3.05, 3.63) is 47.5 Å². The Morgan fingerprint density at radius 1 is 0.897 bits per heavy atom.